The summed E-state index contributed by atoms with van der Waals surface area (Å²) in [5.41, 5.74) is 1.90. The maximum Gasteiger partial charge on any atom is 0.137 e. The Bertz CT molecular complexity index is 586. The fraction of sp³-hybridized carbons (Fsp3) is 0.417. The lowest BCUT2D eigenvalue weighted by Crippen LogP contribution is -2.06. The average molecular weight is 264 g/mol. The number of aryl methyl sites for hydroxylation is 1. The average Bonchev–Trinajstić information content (AvgIpc) is 2.77. The van der Waals surface area contributed by atoms with Crippen molar-refractivity contribution >= 4 is 12.2 Å². The number of hydrogen-bond donors (Lipinski definition) is 1. The van der Waals surface area contributed by atoms with Gasteiger partial charge in [-0.25, -0.2) is 4.98 Å². The number of H-pyrrole nitrogens is 1. The molecule has 96 valence electrons. The molecule has 2 heterocycles. The van der Waals surface area contributed by atoms with Crippen LogP contribution in [0.15, 0.2) is 18.5 Å². The van der Waals surface area contributed by atoms with E-state index >= 15 is 0 Å². The molecule has 0 aliphatic rings. The van der Waals surface area contributed by atoms with Crippen LogP contribution in [0.25, 0.3) is 11.3 Å². The summed E-state index contributed by atoms with van der Waals surface area (Å²) in [5.74, 6) is 0.756. The first kappa shape index (κ1) is 12.9. The first-order valence-electron chi connectivity index (χ1n) is 5.77. The van der Waals surface area contributed by atoms with Crippen LogP contribution < -0.4 is 0 Å². The van der Waals surface area contributed by atoms with Gasteiger partial charge < -0.3 is 9.72 Å². The van der Waals surface area contributed by atoms with Crippen molar-refractivity contribution in [3.63, 3.8) is 0 Å². The standard InChI is InChI=1S/C12H16N4OS/c1-4-10(17-3)12-14-9(5-11(18)15-12)8-6-13-16(2)7-8/h5-7,10H,4H2,1-3H3,(H,14,15,18). The molecule has 2 aromatic heterocycles. The van der Waals surface area contributed by atoms with Gasteiger partial charge in [-0.05, 0) is 12.5 Å². The highest BCUT2D eigenvalue weighted by atomic mass is 32.1. The van der Waals surface area contributed by atoms with E-state index in [2.05, 4.69) is 15.1 Å². The largest absolute Gasteiger partial charge is 0.374 e. The molecule has 0 radical (unpaired) electrons. The second kappa shape index (κ2) is 5.41. The molecule has 0 aliphatic carbocycles. The molecule has 1 N–H and O–H groups in total. The highest BCUT2D eigenvalue weighted by molar-refractivity contribution is 7.71. The molecule has 0 spiro atoms. The zero-order valence-corrected chi connectivity index (χ0v) is 11.5. The topological polar surface area (TPSA) is 55.7 Å². The first-order chi connectivity index (χ1) is 8.63. The number of hydrogen-bond acceptors (Lipinski definition) is 4. The molecule has 0 aromatic carbocycles. The van der Waals surface area contributed by atoms with Gasteiger partial charge >= 0.3 is 0 Å². The van der Waals surface area contributed by atoms with E-state index in [1.54, 1.807) is 18.0 Å². The van der Waals surface area contributed by atoms with Crippen LogP contribution in [0.1, 0.15) is 25.3 Å². The summed E-state index contributed by atoms with van der Waals surface area (Å²) in [7, 11) is 3.55. The van der Waals surface area contributed by atoms with E-state index in [1.807, 2.05) is 26.2 Å². The molecule has 0 fully saturated rings. The fourth-order valence-electron chi connectivity index (χ4n) is 1.82. The normalized spacial score (nSPS) is 12.6. The van der Waals surface area contributed by atoms with Crippen LogP contribution in [0, 0.1) is 4.64 Å². The maximum atomic E-state index is 5.38. The molecule has 0 bridgehead atoms. The highest BCUT2D eigenvalue weighted by Crippen LogP contribution is 2.21. The Labute approximate surface area is 111 Å². The van der Waals surface area contributed by atoms with Gasteiger partial charge in [-0.1, -0.05) is 19.1 Å². The Kier molecular flexibility index (Phi) is 3.88. The Morgan fingerprint density at radius 1 is 1.56 bits per heavy atom. The quantitative estimate of drug-likeness (QED) is 0.862. The van der Waals surface area contributed by atoms with Crippen LogP contribution in [0.4, 0.5) is 0 Å². The fourth-order valence-corrected chi connectivity index (χ4v) is 2.03. The predicted octanol–water partition coefficient (Wildman–Crippen LogP) is 2.64. The highest BCUT2D eigenvalue weighted by Gasteiger charge is 2.12. The molecule has 0 saturated heterocycles. The molecule has 18 heavy (non-hydrogen) atoms. The Hall–Kier alpha value is -1.53. The van der Waals surface area contributed by atoms with Crippen LogP contribution in [0.5, 0.6) is 0 Å². The van der Waals surface area contributed by atoms with Gasteiger partial charge in [0.1, 0.15) is 16.6 Å². The van der Waals surface area contributed by atoms with Gasteiger partial charge in [0.15, 0.2) is 0 Å². The van der Waals surface area contributed by atoms with Crippen LogP contribution in [-0.2, 0) is 11.8 Å². The van der Waals surface area contributed by atoms with Gasteiger partial charge in [-0.3, -0.25) is 4.68 Å². The SMILES string of the molecule is CCC(OC)c1nc(=S)cc(-c2cnn(C)c2)[nH]1. The summed E-state index contributed by atoms with van der Waals surface area (Å²) < 4.78 is 7.68. The minimum atomic E-state index is -0.0664. The van der Waals surface area contributed by atoms with Crippen molar-refractivity contribution < 1.29 is 4.74 Å². The zero-order chi connectivity index (χ0) is 13.1. The smallest absolute Gasteiger partial charge is 0.137 e. The molecule has 5 nitrogen and oxygen atoms in total. The number of aromatic nitrogens is 4. The minimum absolute atomic E-state index is 0.0664. The molecular formula is C12H16N4OS. The van der Waals surface area contributed by atoms with Crippen LogP contribution in [-0.4, -0.2) is 26.9 Å². The lowest BCUT2D eigenvalue weighted by atomic mass is 10.2. The van der Waals surface area contributed by atoms with E-state index in [1.165, 1.54) is 0 Å². The molecule has 1 unspecified atom stereocenters. The molecule has 0 amide bonds. The number of methoxy groups -OCH3 is 1. The van der Waals surface area contributed by atoms with Crippen LogP contribution in [0.2, 0.25) is 0 Å². The van der Waals surface area contributed by atoms with E-state index in [4.69, 9.17) is 17.0 Å². The van der Waals surface area contributed by atoms with Crippen molar-refractivity contribution in [2.45, 2.75) is 19.4 Å². The second-order valence-corrected chi connectivity index (χ2v) is 4.47. The number of ether oxygens (including phenoxy) is 1. The predicted molar refractivity (Wildman–Crippen MR) is 71.7 cm³/mol. The lowest BCUT2D eigenvalue weighted by Gasteiger charge is -2.13. The third-order valence-electron chi connectivity index (χ3n) is 2.74. The number of aromatic amines is 1. The van der Waals surface area contributed by atoms with E-state index in [-0.39, 0.29) is 6.10 Å². The molecule has 2 rings (SSSR count). The molecular weight excluding hydrogens is 248 g/mol. The van der Waals surface area contributed by atoms with Gasteiger partial charge in [0, 0.05) is 25.9 Å². The second-order valence-electron chi connectivity index (χ2n) is 4.05. The number of nitrogens with zero attached hydrogens (tertiary/aromatic N) is 3. The van der Waals surface area contributed by atoms with Crippen molar-refractivity contribution in [3.8, 4) is 11.3 Å². The van der Waals surface area contributed by atoms with E-state index < -0.39 is 0 Å². The summed E-state index contributed by atoms with van der Waals surface area (Å²) in [6.45, 7) is 2.05. The van der Waals surface area contributed by atoms with Crippen LogP contribution >= 0.6 is 12.2 Å². The van der Waals surface area contributed by atoms with Gasteiger partial charge in [0.2, 0.25) is 0 Å². The van der Waals surface area contributed by atoms with Gasteiger partial charge in [0.05, 0.1) is 11.9 Å². The first-order valence-corrected chi connectivity index (χ1v) is 6.18. The minimum Gasteiger partial charge on any atom is -0.374 e. The molecule has 2 aromatic rings. The van der Waals surface area contributed by atoms with Crippen molar-refractivity contribution in [1.82, 2.24) is 19.7 Å². The van der Waals surface area contributed by atoms with E-state index in [0.29, 0.717) is 4.64 Å². The lowest BCUT2D eigenvalue weighted by molar-refractivity contribution is 0.0926. The van der Waals surface area contributed by atoms with Crippen molar-refractivity contribution in [1.29, 1.82) is 0 Å². The summed E-state index contributed by atoms with van der Waals surface area (Å²) in [6.07, 6.45) is 4.49. The van der Waals surface area contributed by atoms with E-state index in [9.17, 15) is 0 Å². The van der Waals surface area contributed by atoms with Crippen molar-refractivity contribution in [2.24, 2.45) is 7.05 Å². The Balaban J connectivity index is 2.47. The third kappa shape index (κ3) is 2.65. The van der Waals surface area contributed by atoms with Crippen LogP contribution in [0.3, 0.4) is 0 Å². The monoisotopic (exact) mass is 264 g/mol. The van der Waals surface area contributed by atoms with Gasteiger partial charge in [0.25, 0.3) is 0 Å². The Morgan fingerprint density at radius 2 is 2.33 bits per heavy atom. The molecule has 0 aliphatic heterocycles. The maximum absolute atomic E-state index is 5.38. The zero-order valence-electron chi connectivity index (χ0n) is 10.7. The summed E-state index contributed by atoms with van der Waals surface area (Å²) >= 11 is 5.20. The summed E-state index contributed by atoms with van der Waals surface area (Å²) in [4.78, 5) is 7.58. The molecule has 1 atom stereocenters. The van der Waals surface area contributed by atoms with E-state index in [0.717, 1.165) is 23.5 Å². The summed E-state index contributed by atoms with van der Waals surface area (Å²) in [5, 5.41) is 4.15. The third-order valence-corrected chi connectivity index (χ3v) is 2.95. The van der Waals surface area contributed by atoms with Gasteiger partial charge in [-0.2, -0.15) is 5.10 Å². The van der Waals surface area contributed by atoms with Crippen molar-refractivity contribution in [3.05, 3.63) is 28.9 Å². The summed E-state index contributed by atoms with van der Waals surface area (Å²) in [6, 6.07) is 1.83. The number of rotatable bonds is 4. The van der Waals surface area contributed by atoms with Crippen molar-refractivity contribution in [2.75, 3.05) is 7.11 Å². The molecule has 6 heteroatoms. The van der Waals surface area contributed by atoms with Gasteiger partial charge in [-0.15, -0.1) is 0 Å². The Morgan fingerprint density at radius 3 is 2.89 bits per heavy atom. The molecule has 0 saturated carbocycles. The number of nitrogens with one attached hydrogen (secondary N) is 1.